The molecule has 5 aliphatic heterocycles. The number of aliphatic hydroxyl groups excluding tert-OH is 17. The van der Waals surface area contributed by atoms with E-state index in [0.29, 0.717) is 31.6 Å². The summed E-state index contributed by atoms with van der Waals surface area (Å²) in [5.74, 6) is 0.0319. The van der Waals surface area contributed by atoms with Crippen LogP contribution < -0.4 is 0 Å². The minimum absolute atomic E-state index is 0.0515. The van der Waals surface area contributed by atoms with Crippen molar-refractivity contribution in [2.45, 2.75) is 258 Å². The molecule has 9 rings (SSSR count). The fraction of sp³-hybridized carbons (Fsp3) is 0.982. The summed E-state index contributed by atoms with van der Waals surface area (Å²) in [6, 6.07) is 0. The molecule has 0 bridgehead atoms. The molecule has 0 amide bonds. The van der Waals surface area contributed by atoms with Crippen LogP contribution >= 0.6 is 0 Å². The van der Waals surface area contributed by atoms with Gasteiger partial charge in [0.1, 0.15) is 122 Å². The molecule has 0 aromatic heterocycles. The van der Waals surface area contributed by atoms with Gasteiger partial charge >= 0.3 is 5.97 Å². The number of carbonyl (C=O) groups excluding carboxylic acids is 1. The summed E-state index contributed by atoms with van der Waals surface area (Å²) in [5.41, 5.74) is -0.429. The van der Waals surface area contributed by atoms with E-state index in [2.05, 4.69) is 13.8 Å². The van der Waals surface area contributed by atoms with Gasteiger partial charge in [-0.2, -0.15) is 0 Å². The first-order valence-electron chi connectivity index (χ1n) is 30.2. The zero-order valence-corrected chi connectivity index (χ0v) is 48.4. The molecule has 492 valence electrons. The lowest BCUT2D eigenvalue weighted by atomic mass is 9.44. The monoisotopic (exact) mass is 1230 g/mol. The lowest BCUT2D eigenvalue weighted by molar-refractivity contribution is -0.404. The number of hydrogen-bond donors (Lipinski definition) is 17. The van der Waals surface area contributed by atoms with Gasteiger partial charge in [-0.15, -0.1) is 0 Å². The first-order chi connectivity index (χ1) is 40.3. The topological polar surface area (TPSA) is 463 Å². The molecule has 0 aromatic rings. The van der Waals surface area contributed by atoms with E-state index in [-0.39, 0.29) is 53.4 Å². The number of esters is 1. The second-order valence-corrected chi connectivity index (χ2v) is 26.1. The lowest BCUT2D eigenvalue weighted by Gasteiger charge is -2.61. The fourth-order valence-electron chi connectivity index (χ4n) is 16.0. The minimum atomic E-state index is -2.04. The Balaban J connectivity index is 0.822. The van der Waals surface area contributed by atoms with E-state index in [1.807, 2.05) is 6.92 Å². The summed E-state index contributed by atoms with van der Waals surface area (Å²) in [4.78, 5) is 13.6. The van der Waals surface area contributed by atoms with Crippen LogP contribution in [0.2, 0.25) is 0 Å². The largest absolute Gasteiger partial charge is 0.462 e. The Morgan fingerprint density at radius 2 is 1.07 bits per heavy atom. The summed E-state index contributed by atoms with van der Waals surface area (Å²) in [7, 11) is 0. The Labute approximate surface area is 492 Å². The van der Waals surface area contributed by atoms with Crippen molar-refractivity contribution in [3.05, 3.63) is 0 Å². The summed E-state index contributed by atoms with van der Waals surface area (Å²) < 4.78 is 65.2. The van der Waals surface area contributed by atoms with Crippen molar-refractivity contribution >= 4 is 5.97 Å². The number of rotatable bonds is 20. The molecule has 0 aromatic carbocycles. The SMILES string of the molecule is CC(CCC(=O)OC1CC2C3CCC4CC(OC5OC(CO)C(OC6OC(CO)C(O)C(OC7OCC(O)C(O)C7O)C6OC6OC(CO)C(O)C(O)C6O)C(O)C5O)CCC4(C)C3CCC2(C)C1C(C)O)COC1OC(CO)C(O)C(O)C1O. The Bertz CT molecular complexity index is 2130. The lowest BCUT2D eigenvalue weighted by Crippen LogP contribution is -2.68. The second kappa shape index (κ2) is 28.1. The van der Waals surface area contributed by atoms with Gasteiger partial charge < -0.3 is 139 Å². The first-order valence-corrected chi connectivity index (χ1v) is 30.2. The molecule has 17 N–H and O–H groups in total. The van der Waals surface area contributed by atoms with E-state index < -0.39 is 205 Å². The predicted molar refractivity (Wildman–Crippen MR) is 281 cm³/mol. The van der Waals surface area contributed by atoms with Crippen molar-refractivity contribution in [1.29, 1.82) is 0 Å². The van der Waals surface area contributed by atoms with E-state index in [1.165, 1.54) is 0 Å². The summed E-state index contributed by atoms with van der Waals surface area (Å²) in [6.45, 7) is 4.45. The van der Waals surface area contributed by atoms with Crippen molar-refractivity contribution in [3.8, 4) is 0 Å². The number of hydrogen-bond acceptors (Lipinski definition) is 29. The molecular formula is C56H94O29. The zero-order valence-electron chi connectivity index (χ0n) is 48.4. The highest BCUT2D eigenvalue weighted by molar-refractivity contribution is 5.69. The maximum absolute atomic E-state index is 13.6. The molecule has 29 heteroatoms. The van der Waals surface area contributed by atoms with E-state index in [4.69, 9.17) is 52.1 Å². The second-order valence-electron chi connectivity index (χ2n) is 26.1. The van der Waals surface area contributed by atoms with Crippen LogP contribution in [0.3, 0.4) is 0 Å². The molecule has 35 unspecified atom stereocenters. The quantitative estimate of drug-likeness (QED) is 0.0399. The molecule has 5 heterocycles. The maximum Gasteiger partial charge on any atom is 0.306 e. The van der Waals surface area contributed by atoms with Crippen molar-refractivity contribution in [1.82, 2.24) is 0 Å². The van der Waals surface area contributed by atoms with Gasteiger partial charge in [0.25, 0.3) is 0 Å². The molecule has 9 fully saturated rings. The molecule has 35 atom stereocenters. The standard InChI is InChI=1S/C56H94O29/c1-21(19-75-50-44(72)40(68)37(65)30(15-57)79-50)5-8-34(63)78-29-14-27-25-7-6-23-13-24(9-11-55(23,3)26(25)10-12-56(27,4)35(29)22(2)61)77-52-46(74)42(70)47(33(18-60)82-52)83-54-49(85-53-45(73)41(69)38(66)31(16-58)80-53)48(39(67)32(17-59)81-54)84-51-43(71)36(64)28(62)20-76-51/h21-33,35-54,57-62,64-74H,5-20H2,1-4H3. The number of aliphatic hydroxyl groups is 17. The van der Waals surface area contributed by atoms with Crippen molar-refractivity contribution in [2.75, 3.05) is 39.6 Å². The highest BCUT2D eigenvalue weighted by Crippen LogP contribution is 2.68. The zero-order chi connectivity index (χ0) is 61.7. The molecule has 9 aliphatic rings. The van der Waals surface area contributed by atoms with Crippen LogP contribution in [0.15, 0.2) is 0 Å². The molecule has 85 heavy (non-hydrogen) atoms. The van der Waals surface area contributed by atoms with Crippen LogP contribution in [0.1, 0.15) is 91.9 Å². The third-order valence-corrected chi connectivity index (χ3v) is 20.9. The molecule has 4 saturated carbocycles. The van der Waals surface area contributed by atoms with Gasteiger partial charge in [0.05, 0.1) is 51.8 Å². The normalized spacial score (nSPS) is 51.9. The van der Waals surface area contributed by atoms with Crippen molar-refractivity contribution < 1.29 is 144 Å². The molecular weight excluding hydrogens is 1140 g/mol. The van der Waals surface area contributed by atoms with Gasteiger partial charge in [0.15, 0.2) is 31.5 Å². The first kappa shape index (κ1) is 67.8. The summed E-state index contributed by atoms with van der Waals surface area (Å²) in [6.07, 6.45) is -36.2. The highest BCUT2D eigenvalue weighted by Gasteiger charge is 2.65. The van der Waals surface area contributed by atoms with Gasteiger partial charge in [0, 0.05) is 12.3 Å². The molecule has 4 aliphatic carbocycles. The molecule has 5 saturated heterocycles. The van der Waals surface area contributed by atoms with E-state index >= 15 is 0 Å². The highest BCUT2D eigenvalue weighted by atomic mass is 16.8. The molecule has 29 nitrogen and oxygen atoms in total. The van der Waals surface area contributed by atoms with Crippen LogP contribution in [0.5, 0.6) is 0 Å². The fourth-order valence-corrected chi connectivity index (χ4v) is 16.0. The van der Waals surface area contributed by atoms with E-state index in [9.17, 15) is 91.6 Å². The van der Waals surface area contributed by atoms with Crippen LogP contribution in [-0.2, 0) is 56.9 Å². The average molecular weight is 1230 g/mol. The van der Waals surface area contributed by atoms with Crippen LogP contribution in [0, 0.1) is 46.3 Å². The molecule has 0 spiro atoms. The third kappa shape index (κ3) is 13.5. The molecule has 0 radical (unpaired) electrons. The van der Waals surface area contributed by atoms with Crippen LogP contribution in [-0.4, -0.2) is 298 Å². The van der Waals surface area contributed by atoms with Gasteiger partial charge in [0.2, 0.25) is 0 Å². The van der Waals surface area contributed by atoms with Gasteiger partial charge in [-0.3, -0.25) is 4.79 Å². The number of ether oxygens (including phenoxy) is 11. The Morgan fingerprint density at radius 3 is 1.72 bits per heavy atom. The summed E-state index contributed by atoms with van der Waals surface area (Å²) in [5, 5.41) is 181. The van der Waals surface area contributed by atoms with Crippen LogP contribution in [0.4, 0.5) is 0 Å². The van der Waals surface area contributed by atoms with Gasteiger partial charge in [-0.1, -0.05) is 20.8 Å². The number of carbonyl (C=O) groups is 1. The summed E-state index contributed by atoms with van der Waals surface area (Å²) >= 11 is 0. The third-order valence-electron chi connectivity index (χ3n) is 20.9. The van der Waals surface area contributed by atoms with Gasteiger partial charge in [-0.25, -0.2) is 0 Å². The van der Waals surface area contributed by atoms with Gasteiger partial charge in [-0.05, 0) is 105 Å². The Morgan fingerprint density at radius 1 is 0.529 bits per heavy atom. The minimum Gasteiger partial charge on any atom is -0.462 e. The average Bonchev–Trinajstić information content (AvgIpc) is 1.69. The predicted octanol–water partition coefficient (Wildman–Crippen LogP) is -5.92. The van der Waals surface area contributed by atoms with Crippen molar-refractivity contribution in [3.63, 3.8) is 0 Å². The number of fused-ring (bicyclic) bond motifs is 5. The van der Waals surface area contributed by atoms with E-state index in [1.54, 1.807) is 6.92 Å². The smallest absolute Gasteiger partial charge is 0.306 e. The maximum atomic E-state index is 13.6. The van der Waals surface area contributed by atoms with E-state index in [0.717, 1.165) is 32.1 Å². The Kier molecular flexibility index (Phi) is 22.4. The Hall–Kier alpha value is -1.61. The van der Waals surface area contributed by atoms with Crippen molar-refractivity contribution in [2.24, 2.45) is 46.3 Å². The van der Waals surface area contributed by atoms with Crippen LogP contribution in [0.25, 0.3) is 0 Å².